The molecule has 0 radical (unpaired) electrons. The Bertz CT molecular complexity index is 1060. The van der Waals surface area contributed by atoms with Gasteiger partial charge in [-0.3, -0.25) is 4.79 Å². The Balaban J connectivity index is 0.000000275. The Morgan fingerprint density at radius 1 is 0.938 bits per heavy atom. The van der Waals surface area contributed by atoms with Crippen molar-refractivity contribution in [3.05, 3.63) is 72.3 Å². The van der Waals surface area contributed by atoms with E-state index < -0.39 is 0 Å². The Morgan fingerprint density at radius 3 is 2.22 bits per heavy atom. The van der Waals surface area contributed by atoms with E-state index in [1.165, 1.54) is 66.2 Å². The van der Waals surface area contributed by atoms with Crippen LogP contribution in [0.5, 0.6) is 0 Å². The van der Waals surface area contributed by atoms with E-state index in [2.05, 4.69) is 87.0 Å². The summed E-state index contributed by atoms with van der Waals surface area (Å²) in [6.45, 7) is 7.74. The molecule has 0 N–H and O–H groups in total. The van der Waals surface area contributed by atoms with Gasteiger partial charge >= 0.3 is 0 Å². The zero-order chi connectivity index (χ0) is 23.1. The number of carbonyl (C=O) groups is 1. The summed E-state index contributed by atoms with van der Waals surface area (Å²) >= 11 is 0. The zero-order valence-corrected chi connectivity index (χ0v) is 20.5. The fourth-order valence-corrected chi connectivity index (χ4v) is 4.50. The molecule has 0 atom stereocenters. The Morgan fingerprint density at radius 2 is 1.62 bits per heavy atom. The average molecular weight is 430 g/mol. The Hall–Kier alpha value is -2.61. The standard InChI is InChI=1S/C22H25N.C8H14O/c1-23-21-14-7-6-11-20(21)16-22(23)19-13-8-12-18(15-19)17-9-4-2-3-5-10-17;1-7(9)5-6-8(2,3)4/h6-8,11-17H,2-5,9-10H2,1H3;5-6H,1-4H3/b;6-5-. The zero-order valence-electron chi connectivity index (χ0n) is 20.5. The van der Waals surface area contributed by atoms with Crippen LogP contribution in [0.15, 0.2) is 66.7 Å². The summed E-state index contributed by atoms with van der Waals surface area (Å²) in [7, 11) is 2.18. The number of hydrogen-bond acceptors (Lipinski definition) is 1. The van der Waals surface area contributed by atoms with Crippen molar-refractivity contribution >= 4 is 16.7 Å². The molecule has 0 aliphatic heterocycles. The van der Waals surface area contributed by atoms with Gasteiger partial charge in [-0.05, 0) is 66.5 Å². The van der Waals surface area contributed by atoms with Crippen LogP contribution in [0, 0.1) is 5.41 Å². The van der Waals surface area contributed by atoms with Gasteiger partial charge in [0.1, 0.15) is 0 Å². The number of para-hydroxylation sites is 1. The van der Waals surface area contributed by atoms with Crippen molar-refractivity contribution in [1.82, 2.24) is 4.57 Å². The molecule has 1 aliphatic carbocycles. The number of ketones is 1. The number of benzene rings is 2. The SMILES string of the molecule is CC(=O)/C=C\C(C)(C)C.Cn1c(-c2cccc(C3CCCCCC3)c2)cc2ccccc21. The highest BCUT2D eigenvalue weighted by Crippen LogP contribution is 2.34. The lowest BCUT2D eigenvalue weighted by Gasteiger charge is -2.16. The third-order valence-electron chi connectivity index (χ3n) is 6.28. The van der Waals surface area contributed by atoms with Crippen LogP contribution in [0.2, 0.25) is 0 Å². The summed E-state index contributed by atoms with van der Waals surface area (Å²) in [6.07, 6.45) is 11.9. The van der Waals surface area contributed by atoms with E-state index in [0.717, 1.165) is 5.92 Å². The minimum atomic E-state index is 0.116. The highest BCUT2D eigenvalue weighted by Gasteiger charge is 2.15. The lowest BCUT2D eigenvalue weighted by molar-refractivity contribution is -0.112. The first-order chi connectivity index (χ1) is 15.2. The van der Waals surface area contributed by atoms with Crippen molar-refractivity contribution in [2.45, 2.75) is 72.1 Å². The molecule has 2 heteroatoms. The van der Waals surface area contributed by atoms with Crippen LogP contribution in [0.4, 0.5) is 0 Å². The number of rotatable bonds is 3. The van der Waals surface area contributed by atoms with E-state index in [1.54, 1.807) is 13.0 Å². The van der Waals surface area contributed by atoms with E-state index in [4.69, 9.17) is 0 Å². The van der Waals surface area contributed by atoms with Gasteiger partial charge in [-0.1, -0.05) is 88.9 Å². The molecule has 0 unspecified atom stereocenters. The van der Waals surface area contributed by atoms with Gasteiger partial charge < -0.3 is 4.57 Å². The van der Waals surface area contributed by atoms with E-state index in [-0.39, 0.29) is 11.2 Å². The molecular weight excluding hydrogens is 390 g/mol. The molecule has 4 rings (SSSR count). The molecule has 1 fully saturated rings. The highest BCUT2D eigenvalue weighted by atomic mass is 16.1. The van der Waals surface area contributed by atoms with Crippen molar-refractivity contribution in [2.24, 2.45) is 12.5 Å². The highest BCUT2D eigenvalue weighted by molar-refractivity contribution is 5.87. The third kappa shape index (κ3) is 6.69. The summed E-state index contributed by atoms with van der Waals surface area (Å²) in [5, 5.41) is 1.32. The summed E-state index contributed by atoms with van der Waals surface area (Å²) < 4.78 is 2.32. The van der Waals surface area contributed by atoms with Gasteiger partial charge in [0.2, 0.25) is 0 Å². The molecule has 32 heavy (non-hydrogen) atoms. The lowest BCUT2D eigenvalue weighted by Crippen LogP contribution is -1.99. The van der Waals surface area contributed by atoms with Crippen molar-refractivity contribution < 1.29 is 4.79 Å². The first kappa shape index (κ1) is 24.0. The Labute approximate surface area is 194 Å². The van der Waals surface area contributed by atoms with Crippen molar-refractivity contribution in [3.63, 3.8) is 0 Å². The minimum Gasteiger partial charge on any atom is -0.344 e. The molecule has 1 heterocycles. The van der Waals surface area contributed by atoms with E-state index >= 15 is 0 Å². The fraction of sp³-hybridized carbons (Fsp3) is 0.433. The van der Waals surface area contributed by atoms with Crippen LogP contribution in [0.25, 0.3) is 22.2 Å². The Kier molecular flexibility index (Phi) is 8.12. The molecule has 1 aliphatic rings. The molecule has 2 nitrogen and oxygen atoms in total. The van der Waals surface area contributed by atoms with Crippen LogP contribution in [0.3, 0.4) is 0 Å². The largest absolute Gasteiger partial charge is 0.344 e. The molecule has 0 saturated heterocycles. The van der Waals surface area contributed by atoms with Crippen LogP contribution in [-0.4, -0.2) is 10.4 Å². The molecule has 0 bridgehead atoms. The number of aryl methyl sites for hydroxylation is 1. The van der Waals surface area contributed by atoms with E-state index in [1.807, 2.05) is 6.08 Å². The molecule has 1 saturated carbocycles. The molecule has 3 aromatic rings. The van der Waals surface area contributed by atoms with Crippen molar-refractivity contribution in [2.75, 3.05) is 0 Å². The summed E-state index contributed by atoms with van der Waals surface area (Å²) in [4.78, 5) is 10.4. The lowest BCUT2D eigenvalue weighted by atomic mass is 9.90. The van der Waals surface area contributed by atoms with Crippen molar-refractivity contribution in [1.29, 1.82) is 0 Å². The average Bonchev–Trinajstić information content (AvgIpc) is 2.93. The first-order valence-corrected chi connectivity index (χ1v) is 12.1. The number of hydrogen-bond donors (Lipinski definition) is 0. The predicted octanol–water partition coefficient (Wildman–Crippen LogP) is 8.46. The first-order valence-electron chi connectivity index (χ1n) is 12.1. The van der Waals surface area contributed by atoms with Crippen LogP contribution < -0.4 is 0 Å². The van der Waals surface area contributed by atoms with Gasteiger partial charge in [0.05, 0.1) is 0 Å². The van der Waals surface area contributed by atoms with Crippen molar-refractivity contribution in [3.8, 4) is 11.3 Å². The second-order valence-corrected chi connectivity index (χ2v) is 10.3. The fourth-order valence-electron chi connectivity index (χ4n) is 4.50. The van der Waals surface area contributed by atoms with Gasteiger partial charge in [-0.25, -0.2) is 0 Å². The minimum absolute atomic E-state index is 0.116. The van der Waals surface area contributed by atoms with Crippen LogP contribution in [0.1, 0.15) is 77.7 Å². The number of fused-ring (bicyclic) bond motifs is 1. The number of carbonyl (C=O) groups excluding carboxylic acids is 1. The second kappa shape index (κ2) is 10.8. The monoisotopic (exact) mass is 429 g/mol. The number of nitrogens with zero attached hydrogens (tertiary/aromatic N) is 1. The molecule has 0 spiro atoms. The molecule has 170 valence electrons. The van der Waals surface area contributed by atoms with E-state index in [0.29, 0.717) is 0 Å². The maximum atomic E-state index is 10.4. The normalized spacial score (nSPS) is 15.4. The topological polar surface area (TPSA) is 22.0 Å². The molecule has 1 aromatic heterocycles. The number of aromatic nitrogens is 1. The maximum absolute atomic E-state index is 10.4. The predicted molar refractivity (Wildman–Crippen MR) is 138 cm³/mol. The van der Waals surface area contributed by atoms with Gasteiger partial charge in [0, 0.05) is 23.6 Å². The van der Waals surface area contributed by atoms with Gasteiger partial charge in [-0.2, -0.15) is 0 Å². The summed E-state index contributed by atoms with van der Waals surface area (Å²) in [5.74, 6) is 0.872. The maximum Gasteiger partial charge on any atom is 0.152 e. The van der Waals surface area contributed by atoms with Gasteiger partial charge in [-0.15, -0.1) is 0 Å². The van der Waals surface area contributed by atoms with E-state index in [9.17, 15) is 4.79 Å². The smallest absolute Gasteiger partial charge is 0.152 e. The third-order valence-corrected chi connectivity index (χ3v) is 6.28. The number of allylic oxidation sites excluding steroid dienone is 2. The molecule has 0 amide bonds. The van der Waals surface area contributed by atoms with Crippen LogP contribution in [-0.2, 0) is 11.8 Å². The quantitative estimate of drug-likeness (QED) is 0.302. The molecular formula is C30H39NO. The van der Waals surface area contributed by atoms with Gasteiger partial charge in [0.15, 0.2) is 5.78 Å². The summed E-state index contributed by atoms with van der Waals surface area (Å²) in [6, 6.07) is 20.2. The van der Waals surface area contributed by atoms with Crippen LogP contribution >= 0.6 is 0 Å². The van der Waals surface area contributed by atoms with Gasteiger partial charge in [0.25, 0.3) is 0 Å². The summed E-state index contributed by atoms with van der Waals surface area (Å²) in [5.41, 5.74) is 5.65. The molecule has 2 aromatic carbocycles. The second-order valence-electron chi connectivity index (χ2n) is 10.3.